The lowest BCUT2D eigenvalue weighted by Crippen LogP contribution is -2.20. The highest BCUT2D eigenvalue weighted by molar-refractivity contribution is 7.98. The highest BCUT2D eigenvalue weighted by Crippen LogP contribution is 2.20. The van der Waals surface area contributed by atoms with Crippen LogP contribution in [-0.2, 0) is 6.54 Å². The molecular formula is C13H19NOS. The monoisotopic (exact) mass is 237 g/mol. The van der Waals surface area contributed by atoms with Gasteiger partial charge in [0.2, 0.25) is 0 Å². The van der Waals surface area contributed by atoms with Crippen molar-refractivity contribution in [3.8, 4) is 0 Å². The van der Waals surface area contributed by atoms with E-state index in [-0.39, 0.29) is 0 Å². The van der Waals surface area contributed by atoms with Crippen molar-refractivity contribution in [2.24, 2.45) is 5.92 Å². The number of likely N-dealkylation sites (tertiary alicyclic amines) is 1. The summed E-state index contributed by atoms with van der Waals surface area (Å²) in [7, 11) is 0. The molecule has 16 heavy (non-hydrogen) atoms. The zero-order valence-electron chi connectivity index (χ0n) is 9.72. The van der Waals surface area contributed by atoms with Gasteiger partial charge in [0.05, 0.1) is 0 Å². The van der Waals surface area contributed by atoms with Crippen LogP contribution in [0.5, 0.6) is 0 Å². The Hall–Kier alpha value is -0.510. The second kappa shape index (κ2) is 5.71. The van der Waals surface area contributed by atoms with E-state index in [9.17, 15) is 0 Å². The molecule has 1 aliphatic rings. The van der Waals surface area contributed by atoms with Crippen LogP contribution in [0.25, 0.3) is 0 Å². The quantitative estimate of drug-likeness (QED) is 0.812. The molecular weight excluding hydrogens is 218 g/mol. The van der Waals surface area contributed by atoms with E-state index in [0.717, 1.165) is 26.1 Å². The molecule has 0 amide bonds. The topological polar surface area (TPSA) is 23.5 Å². The second-order valence-corrected chi connectivity index (χ2v) is 5.30. The predicted octanol–water partition coefficient (Wildman–Crippen LogP) is 2.22. The summed E-state index contributed by atoms with van der Waals surface area (Å²) in [6, 6.07) is 8.77. The Morgan fingerprint density at radius 3 is 2.69 bits per heavy atom. The highest BCUT2D eigenvalue weighted by Gasteiger charge is 2.21. The van der Waals surface area contributed by atoms with Gasteiger partial charge in [-0.05, 0) is 42.8 Å². The first kappa shape index (κ1) is 12.0. The van der Waals surface area contributed by atoms with E-state index in [0.29, 0.717) is 12.5 Å². The Bertz CT molecular complexity index is 325. The van der Waals surface area contributed by atoms with Crippen LogP contribution >= 0.6 is 11.8 Å². The molecule has 0 saturated carbocycles. The number of hydrogen-bond acceptors (Lipinski definition) is 3. The Kier molecular flexibility index (Phi) is 4.27. The number of aliphatic hydroxyl groups is 1. The maximum atomic E-state index is 9.09. The lowest BCUT2D eigenvalue weighted by Gasteiger charge is -2.15. The van der Waals surface area contributed by atoms with Gasteiger partial charge < -0.3 is 5.11 Å². The van der Waals surface area contributed by atoms with Gasteiger partial charge in [0.25, 0.3) is 0 Å². The third kappa shape index (κ3) is 3.00. The van der Waals surface area contributed by atoms with Gasteiger partial charge in [-0.25, -0.2) is 0 Å². The molecule has 1 saturated heterocycles. The van der Waals surface area contributed by atoms with Crippen LogP contribution in [-0.4, -0.2) is 36.0 Å². The Morgan fingerprint density at radius 1 is 1.38 bits per heavy atom. The van der Waals surface area contributed by atoms with Gasteiger partial charge >= 0.3 is 0 Å². The molecule has 2 nitrogen and oxygen atoms in total. The first-order chi connectivity index (χ1) is 7.81. The van der Waals surface area contributed by atoms with Crippen LogP contribution in [0.3, 0.4) is 0 Å². The molecule has 3 heteroatoms. The molecule has 0 radical (unpaired) electrons. The molecule has 0 aromatic heterocycles. The van der Waals surface area contributed by atoms with Crippen molar-refractivity contribution in [3.05, 3.63) is 29.8 Å². The number of nitrogens with zero attached hydrogens (tertiary/aromatic N) is 1. The minimum Gasteiger partial charge on any atom is -0.396 e. The maximum Gasteiger partial charge on any atom is 0.0471 e. The minimum atomic E-state index is 0.335. The lowest BCUT2D eigenvalue weighted by atomic mass is 10.1. The fraction of sp³-hybridized carbons (Fsp3) is 0.538. The Balaban J connectivity index is 1.89. The van der Waals surface area contributed by atoms with E-state index in [1.807, 2.05) is 0 Å². The number of rotatable bonds is 4. The van der Waals surface area contributed by atoms with Crippen molar-refractivity contribution in [3.63, 3.8) is 0 Å². The van der Waals surface area contributed by atoms with Crippen molar-refractivity contribution in [2.45, 2.75) is 17.9 Å². The summed E-state index contributed by atoms with van der Waals surface area (Å²) in [6.45, 7) is 3.52. The van der Waals surface area contributed by atoms with Gasteiger partial charge in [-0.3, -0.25) is 4.90 Å². The number of hydrogen-bond donors (Lipinski definition) is 1. The van der Waals surface area contributed by atoms with Crippen LogP contribution < -0.4 is 0 Å². The van der Waals surface area contributed by atoms with Crippen LogP contribution in [0.1, 0.15) is 12.0 Å². The van der Waals surface area contributed by atoms with Gasteiger partial charge in [0.15, 0.2) is 0 Å². The van der Waals surface area contributed by atoms with E-state index in [2.05, 4.69) is 35.4 Å². The molecule has 0 aliphatic carbocycles. The fourth-order valence-corrected chi connectivity index (χ4v) is 2.60. The average molecular weight is 237 g/mol. The van der Waals surface area contributed by atoms with Crippen molar-refractivity contribution in [2.75, 3.05) is 26.0 Å². The SMILES string of the molecule is CSc1ccc(CN2CC[C@@H](CO)C2)cc1. The molecule has 1 atom stereocenters. The molecule has 1 heterocycles. The third-order valence-corrected chi connectivity index (χ3v) is 3.94. The molecule has 0 unspecified atom stereocenters. The molecule has 1 N–H and O–H groups in total. The Labute approximate surface area is 102 Å². The summed E-state index contributed by atoms with van der Waals surface area (Å²) in [6.07, 6.45) is 3.24. The van der Waals surface area contributed by atoms with Gasteiger partial charge in [-0.15, -0.1) is 11.8 Å². The van der Waals surface area contributed by atoms with Gasteiger partial charge in [-0.1, -0.05) is 12.1 Å². The molecule has 2 rings (SSSR count). The van der Waals surface area contributed by atoms with Crippen molar-refractivity contribution in [1.82, 2.24) is 4.90 Å². The lowest BCUT2D eigenvalue weighted by molar-refractivity contribution is 0.220. The first-order valence-electron chi connectivity index (χ1n) is 5.78. The van der Waals surface area contributed by atoms with Crippen molar-refractivity contribution < 1.29 is 5.11 Å². The summed E-state index contributed by atoms with van der Waals surface area (Å²) in [4.78, 5) is 3.74. The molecule has 1 fully saturated rings. The second-order valence-electron chi connectivity index (χ2n) is 4.42. The fourth-order valence-electron chi connectivity index (χ4n) is 2.19. The summed E-state index contributed by atoms with van der Waals surface area (Å²) < 4.78 is 0. The molecule has 1 aromatic carbocycles. The molecule has 0 spiro atoms. The molecule has 1 aliphatic heterocycles. The van der Waals surface area contributed by atoms with Crippen LogP contribution in [0.2, 0.25) is 0 Å². The van der Waals surface area contributed by atoms with Gasteiger partial charge in [0, 0.05) is 24.6 Å². The maximum absolute atomic E-state index is 9.09. The van der Waals surface area contributed by atoms with Gasteiger partial charge in [-0.2, -0.15) is 0 Å². The standard InChI is InChI=1S/C13H19NOS/c1-16-13-4-2-11(3-5-13)8-14-7-6-12(9-14)10-15/h2-5,12,15H,6-10H2,1H3/t12-/m1/s1. The average Bonchev–Trinajstić information content (AvgIpc) is 2.78. The summed E-state index contributed by atoms with van der Waals surface area (Å²) in [5, 5.41) is 9.09. The molecule has 0 bridgehead atoms. The van der Waals surface area contributed by atoms with Gasteiger partial charge in [0.1, 0.15) is 0 Å². The largest absolute Gasteiger partial charge is 0.396 e. The van der Waals surface area contributed by atoms with E-state index < -0.39 is 0 Å². The molecule has 1 aromatic rings. The zero-order valence-corrected chi connectivity index (χ0v) is 10.5. The number of thioether (sulfide) groups is 1. The normalized spacial score (nSPS) is 21.5. The first-order valence-corrected chi connectivity index (χ1v) is 7.00. The van der Waals surface area contributed by atoms with Crippen LogP contribution in [0, 0.1) is 5.92 Å². The van der Waals surface area contributed by atoms with Crippen LogP contribution in [0.4, 0.5) is 0 Å². The third-order valence-electron chi connectivity index (χ3n) is 3.19. The van der Waals surface area contributed by atoms with E-state index in [1.165, 1.54) is 10.5 Å². The highest BCUT2D eigenvalue weighted by atomic mass is 32.2. The smallest absolute Gasteiger partial charge is 0.0471 e. The summed E-state index contributed by atoms with van der Waals surface area (Å²) >= 11 is 1.78. The summed E-state index contributed by atoms with van der Waals surface area (Å²) in [5.41, 5.74) is 1.37. The number of aliphatic hydroxyl groups excluding tert-OH is 1. The molecule has 88 valence electrons. The van der Waals surface area contributed by atoms with Crippen molar-refractivity contribution in [1.29, 1.82) is 0 Å². The van der Waals surface area contributed by atoms with E-state index in [1.54, 1.807) is 11.8 Å². The number of benzene rings is 1. The zero-order chi connectivity index (χ0) is 11.4. The van der Waals surface area contributed by atoms with Crippen molar-refractivity contribution >= 4 is 11.8 Å². The Morgan fingerprint density at radius 2 is 2.12 bits per heavy atom. The van der Waals surface area contributed by atoms with E-state index >= 15 is 0 Å². The summed E-state index contributed by atoms with van der Waals surface area (Å²) in [5.74, 6) is 0.491. The van der Waals surface area contributed by atoms with Crippen LogP contribution in [0.15, 0.2) is 29.2 Å². The minimum absolute atomic E-state index is 0.335. The van der Waals surface area contributed by atoms with E-state index in [4.69, 9.17) is 5.11 Å². The predicted molar refractivity (Wildman–Crippen MR) is 68.7 cm³/mol.